The minimum Gasteiger partial charge on any atom is -0.353 e. The van der Waals surface area contributed by atoms with Gasteiger partial charge in [-0.3, -0.25) is 4.79 Å². The minimum atomic E-state index is -0.173. The lowest BCUT2D eigenvalue weighted by Gasteiger charge is -2.35. The van der Waals surface area contributed by atoms with Crippen LogP contribution in [0.2, 0.25) is 0 Å². The second-order valence-corrected chi connectivity index (χ2v) is 6.53. The Balaban J connectivity index is 1.56. The molecule has 7 heteroatoms. The Morgan fingerprint density at radius 2 is 1.76 bits per heavy atom. The average Bonchev–Trinajstić information content (AvgIpc) is 2.67. The fourth-order valence-corrected chi connectivity index (χ4v) is 2.69. The molecule has 3 rings (SSSR count). The second kappa shape index (κ2) is 7.92. The third-order valence-electron chi connectivity index (χ3n) is 4.12. The number of hydrogen-bond donors (Lipinski definition) is 1. The van der Waals surface area contributed by atoms with Crippen molar-refractivity contribution in [3.63, 3.8) is 0 Å². The highest BCUT2D eigenvalue weighted by atomic mass is 16.1. The van der Waals surface area contributed by atoms with Gasteiger partial charge in [-0.25, -0.2) is 15.0 Å². The molecule has 2 aromatic heterocycles. The van der Waals surface area contributed by atoms with E-state index in [9.17, 15) is 4.79 Å². The van der Waals surface area contributed by atoms with Crippen molar-refractivity contribution in [3.8, 4) is 0 Å². The highest BCUT2D eigenvalue weighted by molar-refractivity contribution is 5.92. The molecule has 1 N–H and O–H groups in total. The predicted octanol–water partition coefficient (Wildman–Crippen LogP) is 1.58. The van der Waals surface area contributed by atoms with Crippen molar-refractivity contribution in [1.82, 2.24) is 20.3 Å². The number of anilines is 2. The quantitative estimate of drug-likeness (QED) is 0.891. The third-order valence-corrected chi connectivity index (χ3v) is 4.12. The summed E-state index contributed by atoms with van der Waals surface area (Å²) in [6.45, 7) is 8.22. The number of amides is 1. The van der Waals surface area contributed by atoms with Gasteiger partial charge in [0.1, 0.15) is 17.3 Å². The molecule has 25 heavy (non-hydrogen) atoms. The van der Waals surface area contributed by atoms with E-state index in [1.54, 1.807) is 12.4 Å². The van der Waals surface area contributed by atoms with Gasteiger partial charge in [0.25, 0.3) is 5.91 Å². The molecule has 0 atom stereocenters. The molecule has 0 spiro atoms. The lowest BCUT2D eigenvalue weighted by atomic mass is 10.2. The largest absolute Gasteiger partial charge is 0.353 e. The lowest BCUT2D eigenvalue weighted by Crippen LogP contribution is -2.47. The summed E-state index contributed by atoms with van der Waals surface area (Å²) in [5, 5.41) is 2.85. The van der Waals surface area contributed by atoms with Crippen LogP contribution < -0.4 is 15.1 Å². The Labute approximate surface area is 148 Å². The zero-order chi connectivity index (χ0) is 17.6. The van der Waals surface area contributed by atoms with E-state index in [-0.39, 0.29) is 5.91 Å². The molecular weight excluding hydrogens is 316 g/mol. The van der Waals surface area contributed by atoms with E-state index in [0.29, 0.717) is 18.2 Å². The fraction of sp³-hybridized carbons (Fsp3) is 0.444. The summed E-state index contributed by atoms with van der Waals surface area (Å²) < 4.78 is 0. The van der Waals surface area contributed by atoms with Crippen LogP contribution in [0, 0.1) is 5.92 Å². The summed E-state index contributed by atoms with van der Waals surface area (Å²) in [5.41, 5.74) is 0.358. The molecule has 1 aliphatic heterocycles. The molecule has 7 nitrogen and oxygen atoms in total. The molecule has 0 radical (unpaired) electrons. The Morgan fingerprint density at radius 1 is 1.04 bits per heavy atom. The fourth-order valence-electron chi connectivity index (χ4n) is 2.69. The van der Waals surface area contributed by atoms with Gasteiger partial charge in [-0.1, -0.05) is 19.9 Å². The van der Waals surface area contributed by atoms with Crippen LogP contribution in [0.3, 0.4) is 0 Å². The maximum atomic E-state index is 12.0. The Bertz CT molecular complexity index is 680. The maximum absolute atomic E-state index is 12.0. The van der Waals surface area contributed by atoms with E-state index in [1.807, 2.05) is 24.4 Å². The minimum absolute atomic E-state index is 0.173. The van der Waals surface area contributed by atoms with Crippen molar-refractivity contribution in [2.24, 2.45) is 5.92 Å². The summed E-state index contributed by atoms with van der Waals surface area (Å²) in [6, 6.07) is 5.96. The summed E-state index contributed by atoms with van der Waals surface area (Å²) >= 11 is 0. The van der Waals surface area contributed by atoms with Crippen molar-refractivity contribution < 1.29 is 4.79 Å². The van der Waals surface area contributed by atoms with E-state index in [2.05, 4.69) is 43.9 Å². The standard InChI is InChI=1S/C18H24N6O/c1-14(2)11-22-18(25)15-12-21-17(13-20-15)24-9-7-23(8-10-24)16-5-3-4-6-19-16/h3-6,12-14H,7-11H2,1-2H3,(H,22,25). The first-order valence-corrected chi connectivity index (χ1v) is 8.64. The number of carbonyl (C=O) groups is 1. The number of hydrogen-bond acceptors (Lipinski definition) is 6. The van der Waals surface area contributed by atoms with Crippen molar-refractivity contribution in [2.75, 3.05) is 42.5 Å². The van der Waals surface area contributed by atoms with Gasteiger partial charge in [-0.15, -0.1) is 0 Å². The molecule has 0 aliphatic carbocycles. The maximum Gasteiger partial charge on any atom is 0.271 e. The van der Waals surface area contributed by atoms with Crippen LogP contribution in [0.15, 0.2) is 36.8 Å². The van der Waals surface area contributed by atoms with E-state index in [4.69, 9.17) is 0 Å². The average molecular weight is 340 g/mol. The van der Waals surface area contributed by atoms with Crippen molar-refractivity contribution >= 4 is 17.5 Å². The van der Waals surface area contributed by atoms with Crippen molar-refractivity contribution in [3.05, 3.63) is 42.5 Å². The van der Waals surface area contributed by atoms with Gasteiger partial charge < -0.3 is 15.1 Å². The molecule has 1 saturated heterocycles. The summed E-state index contributed by atoms with van der Waals surface area (Å²) in [6.07, 6.45) is 5.05. The second-order valence-electron chi connectivity index (χ2n) is 6.53. The molecule has 3 heterocycles. The molecular formula is C18H24N6O. The lowest BCUT2D eigenvalue weighted by molar-refractivity contribution is 0.0943. The first kappa shape index (κ1) is 17.1. The topological polar surface area (TPSA) is 74.2 Å². The number of carbonyl (C=O) groups excluding carboxylic acids is 1. The van der Waals surface area contributed by atoms with E-state index in [1.165, 1.54) is 0 Å². The van der Waals surface area contributed by atoms with E-state index in [0.717, 1.165) is 37.8 Å². The van der Waals surface area contributed by atoms with Crippen LogP contribution in [0.25, 0.3) is 0 Å². The van der Waals surface area contributed by atoms with Gasteiger partial charge in [-0.2, -0.15) is 0 Å². The zero-order valence-electron chi connectivity index (χ0n) is 14.7. The zero-order valence-corrected chi connectivity index (χ0v) is 14.7. The van der Waals surface area contributed by atoms with E-state index >= 15 is 0 Å². The number of nitrogens with zero attached hydrogens (tertiary/aromatic N) is 5. The Morgan fingerprint density at radius 3 is 2.32 bits per heavy atom. The number of piperazine rings is 1. The van der Waals surface area contributed by atoms with Gasteiger partial charge in [0, 0.05) is 38.9 Å². The van der Waals surface area contributed by atoms with Gasteiger partial charge in [-0.05, 0) is 18.1 Å². The molecule has 0 bridgehead atoms. The third kappa shape index (κ3) is 4.43. The highest BCUT2D eigenvalue weighted by Crippen LogP contribution is 2.16. The van der Waals surface area contributed by atoms with Crippen LogP contribution in [0.1, 0.15) is 24.3 Å². The molecule has 2 aromatic rings. The molecule has 1 aliphatic rings. The SMILES string of the molecule is CC(C)CNC(=O)c1cnc(N2CCN(c3ccccn3)CC2)cn1. The van der Waals surface area contributed by atoms with E-state index < -0.39 is 0 Å². The van der Waals surface area contributed by atoms with Crippen molar-refractivity contribution in [2.45, 2.75) is 13.8 Å². The normalized spacial score (nSPS) is 14.7. The molecule has 0 aromatic carbocycles. The molecule has 1 amide bonds. The van der Waals surface area contributed by atoms with Gasteiger partial charge in [0.2, 0.25) is 0 Å². The summed E-state index contributed by atoms with van der Waals surface area (Å²) in [5.74, 6) is 2.05. The Hall–Kier alpha value is -2.70. The van der Waals surface area contributed by atoms with Gasteiger partial charge >= 0.3 is 0 Å². The number of aromatic nitrogens is 3. The first-order chi connectivity index (χ1) is 12.1. The molecule has 1 fully saturated rings. The van der Waals surface area contributed by atoms with Crippen LogP contribution in [-0.4, -0.2) is 53.6 Å². The smallest absolute Gasteiger partial charge is 0.271 e. The van der Waals surface area contributed by atoms with Crippen LogP contribution >= 0.6 is 0 Å². The molecule has 0 saturated carbocycles. The summed E-state index contributed by atoms with van der Waals surface area (Å²) in [7, 11) is 0. The van der Waals surface area contributed by atoms with Crippen molar-refractivity contribution in [1.29, 1.82) is 0 Å². The van der Waals surface area contributed by atoms with Crippen LogP contribution in [0.5, 0.6) is 0 Å². The highest BCUT2D eigenvalue weighted by Gasteiger charge is 2.19. The monoisotopic (exact) mass is 340 g/mol. The molecule has 0 unspecified atom stereocenters. The molecule has 132 valence electrons. The number of nitrogens with one attached hydrogen (secondary N) is 1. The van der Waals surface area contributed by atoms with Crippen LogP contribution in [0.4, 0.5) is 11.6 Å². The summed E-state index contributed by atoms with van der Waals surface area (Å²) in [4.78, 5) is 29.5. The number of rotatable bonds is 5. The predicted molar refractivity (Wildman–Crippen MR) is 97.9 cm³/mol. The Kier molecular flexibility index (Phi) is 5.42. The van der Waals surface area contributed by atoms with Gasteiger partial charge in [0.15, 0.2) is 0 Å². The van der Waals surface area contributed by atoms with Gasteiger partial charge in [0.05, 0.1) is 12.4 Å². The number of pyridine rings is 1. The van der Waals surface area contributed by atoms with Crippen LogP contribution in [-0.2, 0) is 0 Å². The first-order valence-electron chi connectivity index (χ1n) is 8.64.